The van der Waals surface area contributed by atoms with Crippen molar-refractivity contribution in [3.8, 4) is 10.6 Å². The van der Waals surface area contributed by atoms with Gasteiger partial charge in [-0.1, -0.05) is 25.7 Å². The number of hydrogen-bond acceptors (Lipinski definition) is 3. The zero-order valence-electron chi connectivity index (χ0n) is 10.8. The largest absolute Gasteiger partial charge is 0.396 e. The Labute approximate surface area is 125 Å². The van der Waals surface area contributed by atoms with Gasteiger partial charge in [-0.3, -0.25) is 4.68 Å². The Balaban J connectivity index is 1.88. The Hall–Kier alpha value is -0.810. The molecule has 0 atom stereocenters. The Morgan fingerprint density at radius 2 is 1.95 bits per heavy atom. The molecule has 0 bridgehead atoms. The maximum Gasteiger partial charge on any atom is 0.125 e. The van der Waals surface area contributed by atoms with Crippen molar-refractivity contribution in [2.45, 2.75) is 44.6 Å². The number of anilines is 1. The number of nitrogens with two attached hydrogens (primary N) is 1. The van der Waals surface area contributed by atoms with E-state index in [4.69, 9.17) is 10.8 Å². The van der Waals surface area contributed by atoms with Gasteiger partial charge in [-0.15, -0.1) is 11.3 Å². The molecule has 0 unspecified atom stereocenters. The first-order valence-electron chi connectivity index (χ1n) is 6.84. The van der Waals surface area contributed by atoms with E-state index in [0.717, 1.165) is 20.0 Å². The van der Waals surface area contributed by atoms with Crippen LogP contribution in [0.4, 0.5) is 5.69 Å². The summed E-state index contributed by atoms with van der Waals surface area (Å²) in [5, 5.41) is 4.74. The highest BCUT2D eigenvalue weighted by Crippen LogP contribution is 2.35. The SMILES string of the molecule is Nc1cn(C2CCCCCC2)nc1-c1ccc(Br)s1. The molecule has 0 aliphatic heterocycles. The van der Waals surface area contributed by atoms with Crippen LogP contribution in [0.3, 0.4) is 0 Å². The van der Waals surface area contributed by atoms with E-state index >= 15 is 0 Å². The van der Waals surface area contributed by atoms with E-state index in [0.29, 0.717) is 6.04 Å². The van der Waals surface area contributed by atoms with Crippen LogP contribution in [0.1, 0.15) is 44.6 Å². The van der Waals surface area contributed by atoms with Crippen molar-refractivity contribution >= 4 is 33.0 Å². The van der Waals surface area contributed by atoms with Crippen molar-refractivity contribution in [1.82, 2.24) is 9.78 Å². The van der Waals surface area contributed by atoms with E-state index in [2.05, 4.69) is 26.7 Å². The molecule has 2 N–H and O–H groups in total. The van der Waals surface area contributed by atoms with Crippen LogP contribution in [-0.4, -0.2) is 9.78 Å². The van der Waals surface area contributed by atoms with E-state index in [1.54, 1.807) is 11.3 Å². The molecule has 1 aliphatic carbocycles. The van der Waals surface area contributed by atoms with Gasteiger partial charge >= 0.3 is 0 Å². The number of hydrogen-bond donors (Lipinski definition) is 1. The minimum Gasteiger partial charge on any atom is -0.396 e. The first-order chi connectivity index (χ1) is 9.24. The van der Waals surface area contributed by atoms with Gasteiger partial charge in [0, 0.05) is 6.20 Å². The minimum atomic E-state index is 0.530. The molecule has 0 spiro atoms. The first kappa shape index (κ1) is 13.2. The third-order valence-electron chi connectivity index (χ3n) is 3.77. The lowest BCUT2D eigenvalue weighted by Gasteiger charge is -2.14. The Bertz CT molecular complexity index is 553. The number of aromatic nitrogens is 2. The van der Waals surface area contributed by atoms with Crippen LogP contribution in [0.25, 0.3) is 10.6 Å². The number of halogens is 1. The molecule has 1 fully saturated rings. The summed E-state index contributed by atoms with van der Waals surface area (Å²) in [6.45, 7) is 0. The summed E-state index contributed by atoms with van der Waals surface area (Å²) >= 11 is 5.17. The molecule has 19 heavy (non-hydrogen) atoms. The summed E-state index contributed by atoms with van der Waals surface area (Å²) in [5.74, 6) is 0. The molecular formula is C14H18BrN3S. The maximum absolute atomic E-state index is 6.14. The van der Waals surface area contributed by atoms with Gasteiger partial charge in [-0.25, -0.2) is 0 Å². The summed E-state index contributed by atoms with van der Waals surface area (Å²) in [6, 6.07) is 4.65. The molecule has 0 radical (unpaired) electrons. The van der Waals surface area contributed by atoms with Gasteiger partial charge in [0.05, 0.1) is 20.4 Å². The highest BCUT2D eigenvalue weighted by molar-refractivity contribution is 9.11. The Kier molecular flexibility index (Phi) is 3.93. The molecule has 0 aromatic carbocycles. The Morgan fingerprint density at radius 3 is 2.58 bits per heavy atom. The lowest BCUT2D eigenvalue weighted by Crippen LogP contribution is -2.08. The third kappa shape index (κ3) is 2.87. The number of rotatable bonds is 2. The van der Waals surface area contributed by atoms with Crippen LogP contribution >= 0.6 is 27.3 Å². The summed E-state index contributed by atoms with van der Waals surface area (Å²) in [7, 11) is 0. The van der Waals surface area contributed by atoms with Crippen LogP contribution in [0, 0.1) is 0 Å². The fourth-order valence-electron chi connectivity index (χ4n) is 2.75. The zero-order chi connectivity index (χ0) is 13.2. The summed E-state index contributed by atoms with van der Waals surface area (Å²) in [6.07, 6.45) is 9.81. The summed E-state index contributed by atoms with van der Waals surface area (Å²) in [5.41, 5.74) is 7.86. The van der Waals surface area contributed by atoms with E-state index < -0.39 is 0 Å². The topological polar surface area (TPSA) is 43.8 Å². The second kappa shape index (κ2) is 5.67. The fourth-order valence-corrected chi connectivity index (χ4v) is 4.14. The van der Waals surface area contributed by atoms with Gasteiger partial charge in [-0.2, -0.15) is 5.10 Å². The quantitative estimate of drug-likeness (QED) is 0.794. The van der Waals surface area contributed by atoms with Gasteiger partial charge in [0.2, 0.25) is 0 Å². The minimum absolute atomic E-state index is 0.530. The van der Waals surface area contributed by atoms with Crippen molar-refractivity contribution < 1.29 is 0 Å². The molecule has 1 aliphatic rings. The second-order valence-electron chi connectivity index (χ2n) is 5.16. The average Bonchev–Trinajstić information content (AvgIpc) is 2.86. The van der Waals surface area contributed by atoms with E-state index in [1.807, 2.05) is 12.3 Å². The highest BCUT2D eigenvalue weighted by Gasteiger charge is 2.18. The fraction of sp³-hybridized carbons (Fsp3) is 0.500. The van der Waals surface area contributed by atoms with Crippen molar-refractivity contribution in [2.24, 2.45) is 0 Å². The lowest BCUT2D eigenvalue weighted by molar-refractivity contribution is 0.406. The van der Waals surface area contributed by atoms with Crippen LogP contribution in [0.5, 0.6) is 0 Å². The van der Waals surface area contributed by atoms with Gasteiger partial charge in [-0.05, 0) is 40.9 Å². The van der Waals surface area contributed by atoms with Crippen LogP contribution < -0.4 is 5.73 Å². The van der Waals surface area contributed by atoms with Crippen LogP contribution in [-0.2, 0) is 0 Å². The van der Waals surface area contributed by atoms with E-state index in [9.17, 15) is 0 Å². The van der Waals surface area contributed by atoms with Gasteiger partial charge in [0.25, 0.3) is 0 Å². The van der Waals surface area contributed by atoms with Crippen LogP contribution in [0.15, 0.2) is 22.1 Å². The molecule has 1 saturated carbocycles. The van der Waals surface area contributed by atoms with Crippen molar-refractivity contribution in [3.05, 3.63) is 22.1 Å². The molecule has 2 heterocycles. The second-order valence-corrected chi connectivity index (χ2v) is 7.63. The number of nitrogen functional groups attached to an aromatic ring is 1. The van der Waals surface area contributed by atoms with E-state index in [-0.39, 0.29) is 0 Å². The molecule has 2 aromatic heterocycles. The average molecular weight is 340 g/mol. The number of nitrogens with zero attached hydrogens (tertiary/aromatic N) is 2. The molecule has 0 saturated heterocycles. The van der Waals surface area contributed by atoms with Crippen molar-refractivity contribution in [2.75, 3.05) is 5.73 Å². The standard InChI is InChI=1S/C14H18BrN3S/c15-13-8-7-12(19-13)14-11(16)9-18(17-14)10-5-3-1-2-4-6-10/h7-10H,1-6,16H2. The smallest absolute Gasteiger partial charge is 0.125 e. The molecule has 2 aromatic rings. The van der Waals surface area contributed by atoms with Crippen molar-refractivity contribution in [3.63, 3.8) is 0 Å². The van der Waals surface area contributed by atoms with E-state index in [1.165, 1.54) is 38.5 Å². The predicted octanol–water partition coefficient (Wildman–Crippen LogP) is 4.85. The van der Waals surface area contributed by atoms with Crippen molar-refractivity contribution in [1.29, 1.82) is 0 Å². The van der Waals surface area contributed by atoms with Gasteiger partial charge < -0.3 is 5.73 Å². The molecular weight excluding hydrogens is 322 g/mol. The monoisotopic (exact) mass is 339 g/mol. The Morgan fingerprint density at radius 1 is 1.21 bits per heavy atom. The first-order valence-corrected chi connectivity index (χ1v) is 8.45. The van der Waals surface area contributed by atoms with Gasteiger partial charge in [0.15, 0.2) is 0 Å². The highest BCUT2D eigenvalue weighted by atomic mass is 79.9. The summed E-state index contributed by atoms with van der Waals surface area (Å²) in [4.78, 5) is 1.14. The molecule has 0 amide bonds. The summed E-state index contributed by atoms with van der Waals surface area (Å²) < 4.78 is 3.22. The predicted molar refractivity (Wildman–Crippen MR) is 84.4 cm³/mol. The molecule has 3 nitrogen and oxygen atoms in total. The molecule has 102 valence electrons. The third-order valence-corrected chi connectivity index (χ3v) is 5.40. The number of thiophene rings is 1. The zero-order valence-corrected chi connectivity index (χ0v) is 13.2. The van der Waals surface area contributed by atoms with Gasteiger partial charge in [0.1, 0.15) is 5.69 Å². The molecule has 3 rings (SSSR count). The maximum atomic E-state index is 6.14. The normalized spacial score (nSPS) is 17.5. The lowest BCUT2D eigenvalue weighted by atomic mass is 10.1. The van der Waals surface area contributed by atoms with Crippen LogP contribution in [0.2, 0.25) is 0 Å². The molecule has 5 heteroatoms.